The van der Waals surface area contributed by atoms with E-state index < -0.39 is 0 Å². The van der Waals surface area contributed by atoms with E-state index in [2.05, 4.69) is 0 Å². The Morgan fingerprint density at radius 3 is 2.44 bits per heavy atom. The monoisotopic (exact) mass is 120 g/mol. The summed E-state index contributed by atoms with van der Waals surface area (Å²) in [5.41, 5.74) is 1.76. The fraction of sp³-hybridized carbons (Fsp3) is 0. The van der Waals surface area contributed by atoms with Crippen LogP contribution in [0.3, 0.4) is 0 Å². The molecule has 1 heteroatoms. The van der Waals surface area contributed by atoms with Gasteiger partial charge in [-0.1, -0.05) is 24.3 Å². The molecular formula is C8H5F. The van der Waals surface area contributed by atoms with E-state index in [1.165, 1.54) is 6.07 Å². The summed E-state index contributed by atoms with van der Waals surface area (Å²) in [6.07, 6.45) is 3.68. The van der Waals surface area contributed by atoms with Gasteiger partial charge in [-0.05, 0) is 11.6 Å². The van der Waals surface area contributed by atoms with Crippen molar-refractivity contribution in [3.05, 3.63) is 35.1 Å². The molecule has 44 valence electrons. The van der Waals surface area contributed by atoms with Crippen LogP contribution in [0.5, 0.6) is 0 Å². The molecular weight excluding hydrogens is 115 g/mol. The number of rotatable bonds is 0. The SMILES string of the molecule is Fc1cccc2c1C=C2. The zero-order valence-electron chi connectivity index (χ0n) is 4.76. The molecule has 2 rings (SSSR count). The quantitative estimate of drug-likeness (QED) is 0.500. The molecule has 0 nitrogen and oxygen atoms in total. The topological polar surface area (TPSA) is 0 Å². The average Bonchev–Trinajstić information content (AvgIpc) is 1.74. The minimum atomic E-state index is -0.116. The van der Waals surface area contributed by atoms with Gasteiger partial charge in [0.25, 0.3) is 0 Å². The Kier molecular flexibility index (Phi) is 0.758. The molecule has 0 aliphatic heterocycles. The standard InChI is InChI=1S/C8H5F/c9-8-3-1-2-6-4-5-7(6)8/h1-5H. The van der Waals surface area contributed by atoms with Crippen LogP contribution in [0.4, 0.5) is 4.39 Å². The maximum atomic E-state index is 12.6. The van der Waals surface area contributed by atoms with Crippen LogP contribution in [0.1, 0.15) is 11.1 Å². The van der Waals surface area contributed by atoms with E-state index in [4.69, 9.17) is 0 Å². The lowest BCUT2D eigenvalue weighted by Gasteiger charge is -2.08. The predicted molar refractivity (Wildman–Crippen MR) is 35.3 cm³/mol. The largest absolute Gasteiger partial charge is 0.206 e. The first-order valence-electron chi connectivity index (χ1n) is 2.84. The molecule has 9 heavy (non-hydrogen) atoms. The molecule has 1 aromatic carbocycles. The predicted octanol–water partition coefficient (Wildman–Crippen LogP) is 2.31. The van der Waals surface area contributed by atoms with Gasteiger partial charge in [-0.15, -0.1) is 0 Å². The van der Waals surface area contributed by atoms with Crippen molar-refractivity contribution in [3.8, 4) is 0 Å². The molecule has 0 bridgehead atoms. The number of halogens is 1. The molecule has 0 unspecified atom stereocenters. The van der Waals surface area contributed by atoms with Gasteiger partial charge in [0, 0.05) is 5.56 Å². The molecule has 0 saturated heterocycles. The second kappa shape index (κ2) is 1.44. The third kappa shape index (κ3) is 0.515. The summed E-state index contributed by atoms with van der Waals surface area (Å²) in [7, 11) is 0. The number of fused-ring (bicyclic) bond motifs is 1. The van der Waals surface area contributed by atoms with E-state index in [9.17, 15) is 4.39 Å². The Balaban J connectivity index is 2.70. The highest BCUT2D eigenvalue weighted by atomic mass is 19.1. The summed E-state index contributed by atoms with van der Waals surface area (Å²) in [6, 6.07) is 5.10. The summed E-state index contributed by atoms with van der Waals surface area (Å²) in [5, 5.41) is 0. The van der Waals surface area contributed by atoms with Crippen molar-refractivity contribution in [2.75, 3.05) is 0 Å². The van der Waals surface area contributed by atoms with E-state index in [1.807, 2.05) is 12.1 Å². The summed E-state index contributed by atoms with van der Waals surface area (Å²) >= 11 is 0. The van der Waals surface area contributed by atoms with Crippen LogP contribution in [0, 0.1) is 5.82 Å². The first-order chi connectivity index (χ1) is 4.38. The third-order valence-electron chi connectivity index (χ3n) is 1.52. The molecule has 1 aliphatic carbocycles. The lowest BCUT2D eigenvalue weighted by atomic mass is 9.98. The molecule has 0 spiro atoms. The van der Waals surface area contributed by atoms with E-state index in [-0.39, 0.29) is 5.82 Å². The van der Waals surface area contributed by atoms with E-state index >= 15 is 0 Å². The van der Waals surface area contributed by atoms with Gasteiger partial charge in [-0.25, -0.2) is 4.39 Å². The van der Waals surface area contributed by atoms with Crippen molar-refractivity contribution >= 4 is 12.2 Å². The Hall–Kier alpha value is -1.11. The smallest absolute Gasteiger partial charge is 0.131 e. The van der Waals surface area contributed by atoms with Gasteiger partial charge >= 0.3 is 0 Å². The molecule has 0 heterocycles. The van der Waals surface area contributed by atoms with Crippen LogP contribution >= 0.6 is 0 Å². The highest BCUT2D eigenvalue weighted by molar-refractivity contribution is 5.85. The van der Waals surface area contributed by atoms with Gasteiger partial charge in [0.2, 0.25) is 0 Å². The molecule has 0 radical (unpaired) electrons. The summed E-state index contributed by atoms with van der Waals surface area (Å²) in [5.74, 6) is -0.116. The molecule has 1 aromatic rings. The Bertz CT molecular complexity index is 274. The second-order valence-corrected chi connectivity index (χ2v) is 2.08. The molecule has 0 atom stereocenters. The first-order valence-corrected chi connectivity index (χ1v) is 2.84. The summed E-state index contributed by atoms with van der Waals surface area (Å²) < 4.78 is 12.6. The maximum Gasteiger partial charge on any atom is 0.131 e. The minimum Gasteiger partial charge on any atom is -0.206 e. The zero-order chi connectivity index (χ0) is 6.27. The second-order valence-electron chi connectivity index (χ2n) is 2.08. The van der Waals surface area contributed by atoms with Crippen LogP contribution in [0.2, 0.25) is 0 Å². The van der Waals surface area contributed by atoms with Gasteiger partial charge in [-0.3, -0.25) is 0 Å². The van der Waals surface area contributed by atoms with Gasteiger partial charge < -0.3 is 0 Å². The van der Waals surface area contributed by atoms with E-state index in [1.54, 1.807) is 12.1 Å². The molecule has 1 aliphatic rings. The van der Waals surface area contributed by atoms with Gasteiger partial charge in [-0.2, -0.15) is 0 Å². The molecule has 0 aromatic heterocycles. The van der Waals surface area contributed by atoms with Crippen molar-refractivity contribution in [2.24, 2.45) is 0 Å². The minimum absolute atomic E-state index is 0.116. The van der Waals surface area contributed by atoms with E-state index in [0.717, 1.165) is 11.1 Å². The summed E-state index contributed by atoms with van der Waals surface area (Å²) in [6.45, 7) is 0. The average molecular weight is 120 g/mol. The van der Waals surface area contributed by atoms with E-state index in [0.29, 0.717) is 0 Å². The number of hydrogen-bond donors (Lipinski definition) is 0. The Labute approximate surface area is 52.6 Å². The number of benzene rings is 1. The third-order valence-corrected chi connectivity index (χ3v) is 1.52. The van der Waals surface area contributed by atoms with Crippen LogP contribution in [0.25, 0.3) is 12.2 Å². The van der Waals surface area contributed by atoms with Crippen molar-refractivity contribution in [3.63, 3.8) is 0 Å². The summed E-state index contributed by atoms with van der Waals surface area (Å²) in [4.78, 5) is 0. The molecule has 0 N–H and O–H groups in total. The fourth-order valence-corrected chi connectivity index (χ4v) is 0.952. The van der Waals surface area contributed by atoms with Gasteiger partial charge in [0.05, 0.1) is 0 Å². The lowest BCUT2D eigenvalue weighted by molar-refractivity contribution is 0.624. The molecule has 0 fully saturated rings. The van der Waals surface area contributed by atoms with Crippen molar-refractivity contribution in [2.45, 2.75) is 0 Å². The van der Waals surface area contributed by atoms with Crippen molar-refractivity contribution in [1.29, 1.82) is 0 Å². The van der Waals surface area contributed by atoms with Gasteiger partial charge in [0.1, 0.15) is 5.82 Å². The molecule has 0 amide bonds. The van der Waals surface area contributed by atoms with Crippen LogP contribution < -0.4 is 0 Å². The highest BCUT2D eigenvalue weighted by Crippen LogP contribution is 2.25. The highest BCUT2D eigenvalue weighted by Gasteiger charge is 2.08. The van der Waals surface area contributed by atoms with Crippen LogP contribution in [-0.4, -0.2) is 0 Å². The van der Waals surface area contributed by atoms with Crippen LogP contribution in [-0.2, 0) is 0 Å². The van der Waals surface area contributed by atoms with Crippen molar-refractivity contribution < 1.29 is 4.39 Å². The van der Waals surface area contributed by atoms with Crippen LogP contribution in [0.15, 0.2) is 18.2 Å². The normalized spacial score (nSPS) is 12.6. The first kappa shape index (κ1) is 4.74. The Morgan fingerprint density at radius 2 is 2.00 bits per heavy atom. The Morgan fingerprint density at radius 1 is 1.11 bits per heavy atom. The fourth-order valence-electron chi connectivity index (χ4n) is 0.952. The lowest BCUT2D eigenvalue weighted by Crippen LogP contribution is -1.92. The number of hydrogen-bond acceptors (Lipinski definition) is 0. The van der Waals surface area contributed by atoms with Gasteiger partial charge in [0.15, 0.2) is 0 Å². The maximum absolute atomic E-state index is 12.6. The molecule has 0 saturated carbocycles. The zero-order valence-corrected chi connectivity index (χ0v) is 4.76. The van der Waals surface area contributed by atoms with Crippen molar-refractivity contribution in [1.82, 2.24) is 0 Å².